The number of hydrogen-bond acceptors (Lipinski definition) is 6. The molecule has 3 aromatic rings. The molecule has 0 radical (unpaired) electrons. The van der Waals surface area contributed by atoms with Crippen LogP contribution in [0, 0.1) is 6.92 Å². The fraction of sp³-hybridized carbons (Fsp3) is 0.333. The zero-order chi connectivity index (χ0) is 22.0. The van der Waals surface area contributed by atoms with Gasteiger partial charge in [0.2, 0.25) is 0 Å². The van der Waals surface area contributed by atoms with Crippen molar-refractivity contribution in [2.45, 2.75) is 32.7 Å². The fourth-order valence-corrected chi connectivity index (χ4v) is 4.19. The molecule has 0 spiro atoms. The third-order valence-corrected chi connectivity index (χ3v) is 5.99. The Hall–Kier alpha value is -2.83. The molecule has 0 unspecified atom stereocenters. The van der Waals surface area contributed by atoms with Crippen LogP contribution in [0.3, 0.4) is 0 Å². The van der Waals surface area contributed by atoms with Crippen LogP contribution in [-0.2, 0) is 28.9 Å². The molecule has 7 heteroatoms. The highest BCUT2D eigenvalue weighted by molar-refractivity contribution is 6.31. The minimum absolute atomic E-state index is 0.254. The monoisotopic (exact) mass is 441 g/mol. The maximum Gasteiger partial charge on any atom is 0.336 e. The number of ether oxygens (including phenoxy) is 2. The number of halogens is 1. The van der Waals surface area contributed by atoms with Crippen molar-refractivity contribution >= 4 is 28.5 Å². The van der Waals surface area contributed by atoms with E-state index in [9.17, 15) is 9.59 Å². The Kier molecular flexibility index (Phi) is 6.30. The number of benzene rings is 2. The Morgan fingerprint density at radius 3 is 2.77 bits per heavy atom. The summed E-state index contributed by atoms with van der Waals surface area (Å²) < 4.78 is 16.5. The largest absolute Gasteiger partial charge is 0.477 e. The van der Waals surface area contributed by atoms with E-state index in [1.54, 1.807) is 0 Å². The second kappa shape index (κ2) is 9.12. The van der Waals surface area contributed by atoms with Crippen LogP contribution < -0.4 is 10.4 Å². The molecule has 0 saturated carbocycles. The number of hydrogen-bond donors (Lipinski definition) is 0. The van der Waals surface area contributed by atoms with Crippen molar-refractivity contribution in [2.75, 3.05) is 20.4 Å². The molecule has 0 saturated heterocycles. The van der Waals surface area contributed by atoms with E-state index in [2.05, 4.69) is 4.90 Å². The van der Waals surface area contributed by atoms with E-state index in [1.165, 1.54) is 13.2 Å². The average molecular weight is 442 g/mol. The van der Waals surface area contributed by atoms with Crippen LogP contribution in [0.5, 0.6) is 5.75 Å². The van der Waals surface area contributed by atoms with E-state index in [1.807, 2.05) is 37.3 Å². The van der Waals surface area contributed by atoms with Gasteiger partial charge in [-0.25, -0.2) is 4.79 Å². The lowest BCUT2D eigenvalue weighted by atomic mass is 9.97. The summed E-state index contributed by atoms with van der Waals surface area (Å²) in [6.45, 7) is 3.61. The van der Waals surface area contributed by atoms with Crippen molar-refractivity contribution < 1.29 is 18.7 Å². The van der Waals surface area contributed by atoms with E-state index in [0.29, 0.717) is 31.0 Å². The molecule has 162 valence electrons. The van der Waals surface area contributed by atoms with Gasteiger partial charge in [0.25, 0.3) is 0 Å². The molecule has 4 rings (SSSR count). The molecule has 6 nitrogen and oxygen atoms in total. The Labute approximate surface area is 185 Å². The van der Waals surface area contributed by atoms with Gasteiger partial charge in [-0.2, -0.15) is 0 Å². The first-order valence-corrected chi connectivity index (χ1v) is 10.6. The van der Waals surface area contributed by atoms with Crippen molar-refractivity contribution in [3.05, 3.63) is 74.1 Å². The van der Waals surface area contributed by atoms with Crippen LogP contribution >= 0.6 is 11.6 Å². The topological polar surface area (TPSA) is 69.0 Å². The van der Waals surface area contributed by atoms with Gasteiger partial charge >= 0.3 is 11.6 Å². The van der Waals surface area contributed by atoms with Crippen LogP contribution in [0.4, 0.5) is 0 Å². The van der Waals surface area contributed by atoms with E-state index in [0.717, 1.165) is 45.6 Å². The third kappa shape index (κ3) is 4.60. The zero-order valence-corrected chi connectivity index (χ0v) is 18.3. The van der Waals surface area contributed by atoms with Gasteiger partial charge in [-0.3, -0.25) is 9.69 Å². The molecule has 0 atom stereocenters. The summed E-state index contributed by atoms with van der Waals surface area (Å²) in [5.74, 6) is 0.418. The van der Waals surface area contributed by atoms with Crippen LogP contribution in [0.15, 0.2) is 45.6 Å². The minimum Gasteiger partial charge on any atom is -0.477 e. The Bertz CT molecular complexity index is 1190. The van der Waals surface area contributed by atoms with Gasteiger partial charge in [0.15, 0.2) is 0 Å². The Morgan fingerprint density at radius 1 is 1.19 bits per heavy atom. The molecule has 1 aliphatic rings. The van der Waals surface area contributed by atoms with Crippen molar-refractivity contribution in [1.29, 1.82) is 0 Å². The molecule has 0 fully saturated rings. The summed E-state index contributed by atoms with van der Waals surface area (Å²) in [6.07, 6.45) is 1.52. The van der Waals surface area contributed by atoms with Gasteiger partial charge in [-0.15, -0.1) is 0 Å². The van der Waals surface area contributed by atoms with Crippen molar-refractivity contribution in [3.8, 4) is 5.75 Å². The summed E-state index contributed by atoms with van der Waals surface area (Å²) in [5, 5.41) is 1.60. The molecule has 1 aromatic heterocycles. The Balaban J connectivity index is 1.66. The minimum atomic E-state index is -0.386. The lowest BCUT2D eigenvalue weighted by Gasteiger charge is -2.31. The molecule has 1 aliphatic heterocycles. The lowest BCUT2D eigenvalue weighted by molar-refractivity contribution is -0.140. The van der Waals surface area contributed by atoms with Crippen LogP contribution in [0.1, 0.15) is 28.7 Å². The SMILES string of the molecule is COC(=O)CCc1cc2c(C)cc(=O)oc2c2c1OCN(CCc1ccccc1Cl)C2. The summed E-state index contributed by atoms with van der Waals surface area (Å²) in [6, 6.07) is 11.2. The van der Waals surface area contributed by atoms with Gasteiger partial charge < -0.3 is 13.9 Å². The number of aryl methyl sites for hydroxylation is 2. The second-order valence-corrected chi connectivity index (χ2v) is 8.12. The quantitative estimate of drug-likeness (QED) is 0.420. The average Bonchev–Trinajstić information content (AvgIpc) is 2.77. The lowest BCUT2D eigenvalue weighted by Crippen LogP contribution is -2.34. The van der Waals surface area contributed by atoms with Gasteiger partial charge in [-0.1, -0.05) is 29.8 Å². The van der Waals surface area contributed by atoms with Crippen molar-refractivity contribution in [3.63, 3.8) is 0 Å². The number of nitrogens with zero attached hydrogens (tertiary/aromatic N) is 1. The van der Waals surface area contributed by atoms with E-state index in [4.69, 9.17) is 25.5 Å². The predicted molar refractivity (Wildman–Crippen MR) is 119 cm³/mol. The number of fused-ring (bicyclic) bond motifs is 3. The maximum absolute atomic E-state index is 12.1. The number of esters is 1. The zero-order valence-electron chi connectivity index (χ0n) is 17.6. The first-order chi connectivity index (χ1) is 15.0. The first-order valence-electron chi connectivity index (χ1n) is 10.2. The highest BCUT2D eigenvalue weighted by atomic mass is 35.5. The number of carbonyl (C=O) groups excluding carboxylic acids is 1. The Morgan fingerprint density at radius 2 is 2.00 bits per heavy atom. The fourth-order valence-electron chi connectivity index (χ4n) is 3.96. The first kappa shape index (κ1) is 21.4. The molecule has 0 N–H and O–H groups in total. The van der Waals surface area contributed by atoms with E-state index in [-0.39, 0.29) is 18.0 Å². The summed E-state index contributed by atoms with van der Waals surface area (Å²) in [4.78, 5) is 25.9. The molecule has 2 heterocycles. The molecule has 0 bridgehead atoms. The van der Waals surface area contributed by atoms with E-state index < -0.39 is 0 Å². The molecule has 0 aliphatic carbocycles. The second-order valence-electron chi connectivity index (χ2n) is 7.71. The molecule has 2 aromatic carbocycles. The number of carbonyl (C=O) groups is 1. The summed E-state index contributed by atoms with van der Waals surface area (Å²) in [7, 11) is 1.38. The highest BCUT2D eigenvalue weighted by Crippen LogP contribution is 2.37. The molecular weight excluding hydrogens is 418 g/mol. The van der Waals surface area contributed by atoms with Crippen molar-refractivity contribution in [1.82, 2.24) is 4.90 Å². The van der Waals surface area contributed by atoms with Crippen LogP contribution in [-0.4, -0.2) is 31.3 Å². The van der Waals surface area contributed by atoms with E-state index >= 15 is 0 Å². The predicted octanol–water partition coefficient (Wildman–Crippen LogP) is 4.26. The van der Waals surface area contributed by atoms with Gasteiger partial charge in [0.05, 0.1) is 12.7 Å². The number of methoxy groups -OCH3 is 1. The van der Waals surface area contributed by atoms with Crippen LogP contribution in [0.2, 0.25) is 5.02 Å². The van der Waals surface area contributed by atoms with Crippen molar-refractivity contribution in [2.24, 2.45) is 0 Å². The third-order valence-electron chi connectivity index (χ3n) is 5.62. The van der Waals surface area contributed by atoms with Gasteiger partial charge in [0.1, 0.15) is 18.1 Å². The highest BCUT2D eigenvalue weighted by Gasteiger charge is 2.25. The number of rotatable bonds is 6. The molecule has 31 heavy (non-hydrogen) atoms. The molecular formula is C24H24ClNO5. The maximum atomic E-state index is 12.1. The summed E-state index contributed by atoms with van der Waals surface area (Å²) in [5.41, 5.74) is 3.82. The van der Waals surface area contributed by atoms with Crippen LogP contribution in [0.25, 0.3) is 11.0 Å². The summed E-state index contributed by atoms with van der Waals surface area (Å²) >= 11 is 6.29. The standard InChI is InChI=1S/C24H24ClNO5/c1-15-11-22(28)31-24-18(15)12-17(7-8-21(27)29-2)23-19(24)13-26(14-30-23)10-9-16-5-3-4-6-20(16)25/h3-6,11-12H,7-10,13-14H2,1-2H3. The van der Waals surface area contributed by atoms with Gasteiger partial charge in [-0.05, 0) is 48.6 Å². The van der Waals surface area contributed by atoms with Gasteiger partial charge in [0, 0.05) is 36.0 Å². The smallest absolute Gasteiger partial charge is 0.336 e. The normalized spacial score (nSPS) is 13.6. The molecule has 0 amide bonds.